The molecule has 1 heterocycles. The molecule has 65 valence electrons. The minimum Gasteiger partial charge on any atom is -0.287 e. The van der Waals surface area contributed by atoms with Gasteiger partial charge in [0.25, 0.3) is 5.56 Å². The highest BCUT2D eigenvalue weighted by Gasteiger charge is 2.38. The lowest BCUT2D eigenvalue weighted by Gasteiger charge is -2.03. The van der Waals surface area contributed by atoms with Crippen molar-refractivity contribution in [2.75, 3.05) is 0 Å². The fraction of sp³-hybridized carbons (Fsp3) is 0.200. The summed E-state index contributed by atoms with van der Waals surface area (Å²) in [5.41, 5.74) is -3.26. The molecule has 0 aliphatic carbocycles. The standard InChI is InChI=1S/C5H2F3N2O2/c6-5(7,8)3-2(11)1-9-10-4(3)12/h1H,(H,10,12). The van der Waals surface area contributed by atoms with Gasteiger partial charge in [0.15, 0.2) is 5.56 Å². The second-order valence-electron chi connectivity index (χ2n) is 1.94. The number of hydrogen-bond donors (Lipinski definition) is 1. The van der Waals surface area contributed by atoms with Crippen LogP contribution in [0.4, 0.5) is 13.2 Å². The number of H-pyrrole nitrogens is 1. The van der Waals surface area contributed by atoms with Crippen molar-refractivity contribution in [1.82, 2.24) is 10.2 Å². The van der Waals surface area contributed by atoms with E-state index in [1.165, 1.54) is 5.10 Å². The molecular weight excluding hydrogens is 177 g/mol. The monoisotopic (exact) mass is 179 g/mol. The van der Waals surface area contributed by atoms with Crippen LogP contribution in [0.5, 0.6) is 5.75 Å². The summed E-state index contributed by atoms with van der Waals surface area (Å²) in [7, 11) is 0. The van der Waals surface area contributed by atoms with Gasteiger partial charge < -0.3 is 0 Å². The summed E-state index contributed by atoms with van der Waals surface area (Å²) in [5.74, 6) is -1.42. The maximum atomic E-state index is 11.9. The molecule has 0 aliphatic rings. The second-order valence-corrected chi connectivity index (χ2v) is 1.94. The molecule has 7 heteroatoms. The molecule has 0 bridgehead atoms. The smallest absolute Gasteiger partial charge is 0.287 e. The first-order chi connectivity index (χ1) is 5.43. The Hall–Kier alpha value is -1.53. The number of rotatable bonds is 0. The Morgan fingerprint density at radius 1 is 1.42 bits per heavy atom. The Balaban J connectivity index is 3.42. The number of halogens is 3. The molecule has 0 saturated heterocycles. The number of hydrogen-bond acceptors (Lipinski definition) is 2. The van der Waals surface area contributed by atoms with Gasteiger partial charge in [0.05, 0.1) is 6.20 Å². The van der Waals surface area contributed by atoms with Crippen LogP contribution in [0.2, 0.25) is 0 Å². The van der Waals surface area contributed by atoms with Crippen LogP contribution in [0.25, 0.3) is 0 Å². The van der Waals surface area contributed by atoms with Crippen molar-refractivity contribution in [2.24, 2.45) is 0 Å². The number of aromatic amines is 1. The summed E-state index contributed by atoms with van der Waals surface area (Å²) in [6.45, 7) is 0. The van der Waals surface area contributed by atoms with E-state index in [2.05, 4.69) is 5.10 Å². The number of nitrogens with one attached hydrogen (secondary N) is 1. The molecule has 0 aromatic carbocycles. The van der Waals surface area contributed by atoms with Gasteiger partial charge in [0, 0.05) is 0 Å². The molecule has 0 fully saturated rings. The lowest BCUT2D eigenvalue weighted by molar-refractivity contribution is -0.140. The molecule has 0 aliphatic heterocycles. The van der Waals surface area contributed by atoms with Crippen LogP contribution in [-0.2, 0) is 11.3 Å². The van der Waals surface area contributed by atoms with E-state index in [0.717, 1.165) is 0 Å². The van der Waals surface area contributed by atoms with Crippen molar-refractivity contribution in [3.8, 4) is 5.75 Å². The third-order valence-corrected chi connectivity index (χ3v) is 1.10. The van der Waals surface area contributed by atoms with E-state index in [4.69, 9.17) is 0 Å². The maximum Gasteiger partial charge on any atom is 0.425 e. The zero-order chi connectivity index (χ0) is 9.35. The van der Waals surface area contributed by atoms with E-state index in [0.29, 0.717) is 6.20 Å². The van der Waals surface area contributed by atoms with Crippen LogP contribution in [0.1, 0.15) is 5.56 Å². The van der Waals surface area contributed by atoms with Gasteiger partial charge in [-0.15, -0.1) is 0 Å². The summed E-state index contributed by atoms with van der Waals surface area (Å²) in [5, 5.41) is 14.9. The first-order valence-electron chi connectivity index (χ1n) is 2.75. The van der Waals surface area contributed by atoms with Gasteiger partial charge in [0.2, 0.25) is 5.75 Å². The molecule has 1 radical (unpaired) electrons. The lowest BCUT2D eigenvalue weighted by atomic mass is 10.3. The van der Waals surface area contributed by atoms with Crippen molar-refractivity contribution in [3.05, 3.63) is 22.1 Å². The molecule has 0 saturated carbocycles. The van der Waals surface area contributed by atoms with Crippen molar-refractivity contribution in [3.63, 3.8) is 0 Å². The van der Waals surface area contributed by atoms with E-state index < -0.39 is 23.0 Å². The Labute approximate surface area is 63.7 Å². The molecular formula is C5H2F3N2O2. The van der Waals surface area contributed by atoms with Gasteiger partial charge in [-0.25, -0.2) is 5.10 Å². The molecule has 1 N–H and O–H groups in total. The average Bonchev–Trinajstić information content (AvgIpc) is 1.82. The van der Waals surface area contributed by atoms with E-state index in [1.807, 2.05) is 0 Å². The highest BCUT2D eigenvalue weighted by atomic mass is 19.4. The van der Waals surface area contributed by atoms with Gasteiger partial charge in [-0.05, 0) is 0 Å². The van der Waals surface area contributed by atoms with E-state index in [9.17, 15) is 23.1 Å². The SMILES string of the molecule is [O]c1cn[nH]c(=O)c1C(F)(F)F. The predicted molar refractivity (Wildman–Crippen MR) is 30.0 cm³/mol. The fourth-order valence-electron chi connectivity index (χ4n) is 0.650. The van der Waals surface area contributed by atoms with Crippen molar-refractivity contribution >= 4 is 0 Å². The largest absolute Gasteiger partial charge is 0.425 e. The quantitative estimate of drug-likeness (QED) is 0.643. The van der Waals surface area contributed by atoms with Crippen molar-refractivity contribution < 1.29 is 18.3 Å². The zero-order valence-electron chi connectivity index (χ0n) is 5.47. The van der Waals surface area contributed by atoms with Crippen molar-refractivity contribution in [2.45, 2.75) is 6.18 Å². The number of aromatic nitrogens is 2. The molecule has 1 aromatic heterocycles. The molecule has 0 atom stereocenters. The summed E-state index contributed by atoms with van der Waals surface area (Å²) in [6, 6.07) is 0. The highest BCUT2D eigenvalue weighted by Crippen LogP contribution is 2.31. The zero-order valence-corrected chi connectivity index (χ0v) is 5.47. The molecule has 4 nitrogen and oxygen atoms in total. The van der Waals surface area contributed by atoms with Gasteiger partial charge in [-0.2, -0.15) is 18.3 Å². The molecule has 0 spiro atoms. The average molecular weight is 179 g/mol. The van der Waals surface area contributed by atoms with Crippen LogP contribution < -0.4 is 5.56 Å². The number of alkyl halides is 3. The molecule has 1 aromatic rings. The van der Waals surface area contributed by atoms with Gasteiger partial charge in [-0.1, -0.05) is 0 Å². The third-order valence-electron chi connectivity index (χ3n) is 1.10. The Bertz CT molecular complexity index is 343. The van der Waals surface area contributed by atoms with Crippen LogP contribution in [-0.4, -0.2) is 10.2 Å². The minimum absolute atomic E-state index is 0.407. The van der Waals surface area contributed by atoms with E-state index >= 15 is 0 Å². The molecule has 1 rings (SSSR count). The van der Waals surface area contributed by atoms with Gasteiger partial charge >= 0.3 is 6.18 Å². The van der Waals surface area contributed by atoms with E-state index in [-0.39, 0.29) is 0 Å². The van der Waals surface area contributed by atoms with Crippen LogP contribution in [0, 0.1) is 0 Å². The fourth-order valence-corrected chi connectivity index (χ4v) is 0.650. The first kappa shape index (κ1) is 8.57. The van der Waals surface area contributed by atoms with Gasteiger partial charge in [0.1, 0.15) is 0 Å². The van der Waals surface area contributed by atoms with Gasteiger partial charge in [-0.3, -0.25) is 9.90 Å². The number of nitrogens with zero attached hydrogens (tertiary/aromatic N) is 1. The minimum atomic E-state index is -4.92. The summed E-state index contributed by atoms with van der Waals surface area (Å²) >= 11 is 0. The molecule has 12 heavy (non-hydrogen) atoms. The van der Waals surface area contributed by atoms with Crippen LogP contribution in [0.3, 0.4) is 0 Å². The first-order valence-corrected chi connectivity index (χ1v) is 2.75. The molecule has 0 unspecified atom stereocenters. The second kappa shape index (κ2) is 2.50. The summed E-state index contributed by atoms with van der Waals surface area (Å²) in [6.07, 6.45) is -4.52. The topological polar surface area (TPSA) is 65.7 Å². The normalized spacial score (nSPS) is 11.6. The lowest BCUT2D eigenvalue weighted by Crippen LogP contribution is -2.21. The van der Waals surface area contributed by atoms with E-state index in [1.54, 1.807) is 0 Å². The molecule has 0 amide bonds. The predicted octanol–water partition coefficient (Wildman–Crippen LogP) is 0.932. The summed E-state index contributed by atoms with van der Waals surface area (Å²) in [4.78, 5) is 10.4. The Morgan fingerprint density at radius 3 is 2.33 bits per heavy atom. The van der Waals surface area contributed by atoms with Crippen molar-refractivity contribution in [1.29, 1.82) is 0 Å². The van der Waals surface area contributed by atoms with Crippen LogP contribution in [0.15, 0.2) is 11.0 Å². The third kappa shape index (κ3) is 1.39. The summed E-state index contributed by atoms with van der Waals surface area (Å²) < 4.78 is 35.6. The van der Waals surface area contributed by atoms with Crippen LogP contribution >= 0.6 is 0 Å². The highest BCUT2D eigenvalue weighted by molar-refractivity contribution is 5.28. The maximum absolute atomic E-state index is 11.9. The Kier molecular flexibility index (Phi) is 1.79. The Morgan fingerprint density at radius 2 is 2.00 bits per heavy atom.